The second kappa shape index (κ2) is 6.91. The first-order valence-corrected chi connectivity index (χ1v) is 8.38. The maximum absolute atomic E-state index is 12.4. The Kier molecular flexibility index (Phi) is 4.31. The number of nitrogens with zero attached hydrogens (tertiary/aromatic N) is 3. The van der Waals surface area contributed by atoms with Crippen molar-refractivity contribution in [2.45, 2.75) is 0 Å². The summed E-state index contributed by atoms with van der Waals surface area (Å²) in [4.78, 5) is 19.0. The maximum atomic E-state index is 12.4. The standard InChI is InChI=1S/C20H19N3O2/c24-19(9-8-18-15-21-20-3-1-2-10-23(18)20)16-4-6-17(7-5-16)22-11-13-25-14-12-22/h1-10,15H,11-14H2/b9-8+. The first kappa shape index (κ1) is 15.6. The molecule has 1 saturated heterocycles. The van der Waals surface area contributed by atoms with Crippen LogP contribution in [0.15, 0.2) is 60.9 Å². The van der Waals surface area contributed by atoms with E-state index in [9.17, 15) is 4.79 Å². The van der Waals surface area contributed by atoms with Crippen molar-refractivity contribution in [1.82, 2.24) is 9.38 Å². The van der Waals surface area contributed by atoms with Crippen molar-refractivity contribution in [2.24, 2.45) is 0 Å². The number of allylic oxidation sites excluding steroid dienone is 1. The van der Waals surface area contributed by atoms with Gasteiger partial charge in [-0.1, -0.05) is 6.07 Å². The molecule has 0 atom stereocenters. The minimum atomic E-state index is -0.0144. The molecule has 5 heteroatoms. The molecule has 0 N–H and O–H groups in total. The first-order chi connectivity index (χ1) is 12.3. The Morgan fingerprint density at radius 1 is 1.08 bits per heavy atom. The fourth-order valence-corrected chi connectivity index (χ4v) is 2.99. The highest BCUT2D eigenvalue weighted by atomic mass is 16.5. The number of pyridine rings is 1. The average molecular weight is 333 g/mol. The number of carbonyl (C=O) groups is 1. The van der Waals surface area contributed by atoms with Crippen LogP contribution in [-0.4, -0.2) is 41.5 Å². The number of ketones is 1. The monoisotopic (exact) mass is 333 g/mol. The summed E-state index contributed by atoms with van der Waals surface area (Å²) in [5.74, 6) is -0.0144. The van der Waals surface area contributed by atoms with E-state index >= 15 is 0 Å². The number of fused-ring (bicyclic) bond motifs is 1. The van der Waals surface area contributed by atoms with Crippen LogP contribution in [0.25, 0.3) is 11.7 Å². The third-order valence-electron chi connectivity index (χ3n) is 4.38. The van der Waals surface area contributed by atoms with Gasteiger partial charge in [0, 0.05) is 30.5 Å². The summed E-state index contributed by atoms with van der Waals surface area (Å²) in [6.45, 7) is 3.29. The van der Waals surface area contributed by atoms with Crippen LogP contribution >= 0.6 is 0 Å². The molecule has 126 valence electrons. The molecule has 3 aromatic rings. The minimum Gasteiger partial charge on any atom is -0.378 e. The van der Waals surface area contributed by atoms with Crippen molar-refractivity contribution in [1.29, 1.82) is 0 Å². The van der Waals surface area contributed by atoms with Crippen LogP contribution in [0.4, 0.5) is 5.69 Å². The molecule has 25 heavy (non-hydrogen) atoms. The molecule has 0 radical (unpaired) electrons. The third kappa shape index (κ3) is 3.32. The van der Waals surface area contributed by atoms with E-state index in [1.165, 1.54) is 0 Å². The highest BCUT2D eigenvalue weighted by molar-refractivity contribution is 6.06. The highest BCUT2D eigenvalue weighted by Gasteiger charge is 2.11. The van der Waals surface area contributed by atoms with Crippen LogP contribution in [0.2, 0.25) is 0 Å². The molecule has 0 amide bonds. The van der Waals surface area contributed by atoms with E-state index in [4.69, 9.17) is 4.74 Å². The second-order valence-electron chi connectivity index (χ2n) is 5.96. The second-order valence-corrected chi connectivity index (χ2v) is 5.96. The van der Waals surface area contributed by atoms with E-state index in [0.717, 1.165) is 43.3 Å². The van der Waals surface area contributed by atoms with Crippen LogP contribution in [0.5, 0.6) is 0 Å². The summed E-state index contributed by atoms with van der Waals surface area (Å²) in [7, 11) is 0. The maximum Gasteiger partial charge on any atom is 0.185 e. The lowest BCUT2D eigenvalue weighted by Crippen LogP contribution is -2.36. The van der Waals surface area contributed by atoms with Gasteiger partial charge in [0.15, 0.2) is 5.78 Å². The number of hydrogen-bond donors (Lipinski definition) is 0. The van der Waals surface area contributed by atoms with Gasteiger partial charge in [-0.3, -0.25) is 4.79 Å². The number of imidazole rings is 1. The molecule has 0 bridgehead atoms. The molecule has 0 unspecified atom stereocenters. The number of aromatic nitrogens is 2. The lowest BCUT2D eigenvalue weighted by molar-refractivity contribution is 0.104. The van der Waals surface area contributed by atoms with Crippen molar-refractivity contribution in [2.75, 3.05) is 31.2 Å². The number of rotatable bonds is 4. The zero-order valence-electron chi connectivity index (χ0n) is 13.8. The number of carbonyl (C=O) groups excluding carboxylic acids is 1. The predicted molar refractivity (Wildman–Crippen MR) is 98.0 cm³/mol. The normalized spacial score (nSPS) is 15.1. The Labute approximate surface area is 146 Å². The van der Waals surface area contributed by atoms with Crippen LogP contribution in [0.3, 0.4) is 0 Å². The van der Waals surface area contributed by atoms with Crippen molar-refractivity contribution >= 4 is 23.2 Å². The van der Waals surface area contributed by atoms with E-state index in [0.29, 0.717) is 5.56 Å². The molecule has 1 aliphatic heterocycles. The quantitative estimate of drug-likeness (QED) is 0.544. The largest absolute Gasteiger partial charge is 0.378 e. The predicted octanol–water partition coefficient (Wildman–Crippen LogP) is 3.07. The number of morpholine rings is 1. The molecule has 5 nitrogen and oxygen atoms in total. The molecule has 0 saturated carbocycles. The summed E-state index contributed by atoms with van der Waals surface area (Å²) in [6.07, 6.45) is 7.10. The van der Waals surface area contributed by atoms with Gasteiger partial charge in [-0.2, -0.15) is 0 Å². The summed E-state index contributed by atoms with van der Waals surface area (Å²) < 4.78 is 7.32. The molecule has 1 aliphatic rings. The third-order valence-corrected chi connectivity index (χ3v) is 4.38. The van der Waals surface area contributed by atoms with Gasteiger partial charge in [-0.15, -0.1) is 0 Å². The van der Waals surface area contributed by atoms with Gasteiger partial charge in [-0.05, 0) is 48.6 Å². The van der Waals surface area contributed by atoms with E-state index in [-0.39, 0.29) is 5.78 Å². The molecule has 0 aliphatic carbocycles. The van der Waals surface area contributed by atoms with Gasteiger partial charge in [0.1, 0.15) is 5.65 Å². The topological polar surface area (TPSA) is 46.8 Å². The van der Waals surface area contributed by atoms with Crippen molar-refractivity contribution in [3.63, 3.8) is 0 Å². The van der Waals surface area contributed by atoms with Gasteiger partial charge < -0.3 is 14.0 Å². The van der Waals surface area contributed by atoms with E-state index in [1.807, 2.05) is 53.1 Å². The molecule has 3 heterocycles. The molecule has 2 aromatic heterocycles. The van der Waals surface area contributed by atoms with E-state index < -0.39 is 0 Å². The number of ether oxygens (including phenoxy) is 1. The molecule has 1 aromatic carbocycles. The van der Waals surface area contributed by atoms with Gasteiger partial charge >= 0.3 is 0 Å². The summed E-state index contributed by atoms with van der Waals surface area (Å²) in [5, 5.41) is 0. The van der Waals surface area contributed by atoms with E-state index in [1.54, 1.807) is 18.3 Å². The molecule has 1 fully saturated rings. The zero-order valence-corrected chi connectivity index (χ0v) is 13.8. The summed E-state index contributed by atoms with van der Waals surface area (Å²) in [5.41, 5.74) is 3.56. The Morgan fingerprint density at radius 2 is 1.88 bits per heavy atom. The minimum absolute atomic E-state index is 0.0144. The number of hydrogen-bond acceptors (Lipinski definition) is 4. The van der Waals surface area contributed by atoms with Crippen molar-refractivity contribution < 1.29 is 9.53 Å². The smallest absolute Gasteiger partial charge is 0.185 e. The Morgan fingerprint density at radius 3 is 2.68 bits per heavy atom. The first-order valence-electron chi connectivity index (χ1n) is 8.38. The lowest BCUT2D eigenvalue weighted by atomic mass is 10.1. The Bertz CT molecular complexity index is 906. The zero-order chi connectivity index (χ0) is 17.1. The molecular formula is C20H19N3O2. The van der Waals surface area contributed by atoms with Gasteiger partial charge in [0.05, 0.1) is 25.1 Å². The van der Waals surface area contributed by atoms with Gasteiger partial charge in [-0.25, -0.2) is 4.98 Å². The number of benzene rings is 1. The number of anilines is 1. The van der Waals surface area contributed by atoms with Crippen LogP contribution in [0.1, 0.15) is 16.1 Å². The summed E-state index contributed by atoms with van der Waals surface area (Å²) >= 11 is 0. The lowest BCUT2D eigenvalue weighted by Gasteiger charge is -2.28. The Hall–Kier alpha value is -2.92. The Balaban J connectivity index is 1.49. The van der Waals surface area contributed by atoms with Crippen LogP contribution in [-0.2, 0) is 4.74 Å². The van der Waals surface area contributed by atoms with E-state index in [2.05, 4.69) is 9.88 Å². The summed E-state index contributed by atoms with van der Waals surface area (Å²) in [6, 6.07) is 13.6. The SMILES string of the molecule is O=C(/C=C/c1cnc2ccccn12)c1ccc(N2CCOCC2)cc1. The fourth-order valence-electron chi connectivity index (χ4n) is 2.99. The molecule has 0 spiro atoms. The van der Waals surface area contributed by atoms with Gasteiger partial charge in [0.25, 0.3) is 0 Å². The van der Waals surface area contributed by atoms with Crippen molar-refractivity contribution in [3.8, 4) is 0 Å². The van der Waals surface area contributed by atoms with Crippen molar-refractivity contribution in [3.05, 3.63) is 72.2 Å². The molecular weight excluding hydrogens is 314 g/mol. The van der Waals surface area contributed by atoms with Crippen LogP contribution in [0, 0.1) is 0 Å². The molecule has 4 rings (SSSR count). The fraction of sp³-hybridized carbons (Fsp3) is 0.200. The van der Waals surface area contributed by atoms with Crippen LogP contribution < -0.4 is 4.90 Å². The highest BCUT2D eigenvalue weighted by Crippen LogP contribution is 2.17. The average Bonchev–Trinajstić information content (AvgIpc) is 3.10. The van der Waals surface area contributed by atoms with Gasteiger partial charge in [0.2, 0.25) is 0 Å².